The highest BCUT2D eigenvalue weighted by Gasteiger charge is 2.40. The molecule has 1 saturated carbocycles. The van der Waals surface area contributed by atoms with Gasteiger partial charge < -0.3 is 5.11 Å². The maximum absolute atomic E-state index is 11.7. The number of carboxylic acids is 1. The third-order valence-corrected chi connectivity index (χ3v) is 4.67. The fourth-order valence-electron chi connectivity index (χ4n) is 3.03. The van der Waals surface area contributed by atoms with E-state index in [0.29, 0.717) is 6.42 Å². The van der Waals surface area contributed by atoms with E-state index in [4.69, 9.17) is 0 Å². The third kappa shape index (κ3) is 2.32. The van der Waals surface area contributed by atoms with E-state index in [1.807, 2.05) is 22.7 Å². The molecule has 0 spiro atoms. The third-order valence-electron chi connectivity index (χ3n) is 4.20. The second-order valence-electron chi connectivity index (χ2n) is 5.51. The molecule has 0 aliphatic heterocycles. The summed E-state index contributed by atoms with van der Waals surface area (Å²) in [4.78, 5) is 11.7. The second-order valence-corrected chi connectivity index (χ2v) is 6.43. The van der Waals surface area contributed by atoms with Crippen LogP contribution in [0.3, 0.4) is 0 Å². The number of carboxylic acid groups (broad SMARTS) is 1. The molecular weight excluding hydrogens is 322 g/mol. The standard InChI is InChI=1S/C14H16BrN3O2/c15-10-4-5-11-16-17-12(18(11)9-10)8-14(13(19)20)6-2-1-3-7-14/h4-5,9H,1-3,6-8H2,(H,19,20). The first kappa shape index (κ1) is 13.5. The summed E-state index contributed by atoms with van der Waals surface area (Å²) in [6, 6.07) is 3.77. The lowest BCUT2D eigenvalue weighted by Gasteiger charge is -2.32. The monoisotopic (exact) mass is 337 g/mol. The highest BCUT2D eigenvalue weighted by Crippen LogP contribution is 2.39. The molecule has 1 fully saturated rings. The summed E-state index contributed by atoms with van der Waals surface area (Å²) in [6.07, 6.45) is 6.88. The van der Waals surface area contributed by atoms with Crippen LogP contribution in [0.25, 0.3) is 5.65 Å². The Balaban J connectivity index is 1.98. The first-order valence-electron chi connectivity index (χ1n) is 6.83. The molecule has 0 bridgehead atoms. The molecule has 2 aromatic rings. The molecule has 0 unspecified atom stereocenters. The van der Waals surface area contributed by atoms with Gasteiger partial charge in [0.05, 0.1) is 5.41 Å². The molecule has 1 aliphatic carbocycles. The lowest BCUT2D eigenvalue weighted by Crippen LogP contribution is -2.36. The molecule has 6 heteroatoms. The zero-order chi connectivity index (χ0) is 14.2. The van der Waals surface area contributed by atoms with Gasteiger partial charge in [0.2, 0.25) is 0 Å². The summed E-state index contributed by atoms with van der Waals surface area (Å²) < 4.78 is 2.81. The van der Waals surface area contributed by atoms with Crippen LogP contribution in [0.15, 0.2) is 22.8 Å². The quantitative estimate of drug-likeness (QED) is 0.934. The van der Waals surface area contributed by atoms with Crippen LogP contribution in [-0.4, -0.2) is 25.7 Å². The molecule has 1 aliphatic rings. The van der Waals surface area contributed by atoms with Crippen molar-refractivity contribution in [2.75, 3.05) is 0 Å². The van der Waals surface area contributed by atoms with Crippen molar-refractivity contribution in [1.82, 2.24) is 14.6 Å². The Morgan fingerprint density at radius 1 is 1.30 bits per heavy atom. The molecule has 2 heterocycles. The van der Waals surface area contributed by atoms with E-state index in [2.05, 4.69) is 26.1 Å². The molecule has 1 N–H and O–H groups in total. The van der Waals surface area contributed by atoms with Crippen molar-refractivity contribution >= 4 is 27.5 Å². The van der Waals surface area contributed by atoms with Crippen LogP contribution in [0, 0.1) is 5.41 Å². The van der Waals surface area contributed by atoms with Crippen LogP contribution >= 0.6 is 15.9 Å². The van der Waals surface area contributed by atoms with Gasteiger partial charge >= 0.3 is 5.97 Å². The number of hydrogen-bond acceptors (Lipinski definition) is 3. The van der Waals surface area contributed by atoms with Gasteiger partial charge in [0.25, 0.3) is 0 Å². The van der Waals surface area contributed by atoms with Crippen molar-refractivity contribution in [2.24, 2.45) is 5.41 Å². The molecule has 5 nitrogen and oxygen atoms in total. The molecule has 106 valence electrons. The number of pyridine rings is 1. The summed E-state index contributed by atoms with van der Waals surface area (Å²) >= 11 is 3.43. The number of carbonyl (C=O) groups is 1. The number of hydrogen-bond donors (Lipinski definition) is 1. The zero-order valence-corrected chi connectivity index (χ0v) is 12.6. The molecule has 0 saturated heterocycles. The summed E-state index contributed by atoms with van der Waals surface area (Å²) in [5.41, 5.74) is 0.0725. The minimum Gasteiger partial charge on any atom is -0.481 e. The summed E-state index contributed by atoms with van der Waals surface area (Å²) in [6.45, 7) is 0. The SMILES string of the molecule is O=C(O)C1(Cc2nnc3ccc(Br)cn23)CCCCC1. The summed E-state index contributed by atoms with van der Waals surface area (Å²) in [7, 11) is 0. The highest BCUT2D eigenvalue weighted by atomic mass is 79.9. The normalized spacial score (nSPS) is 18.2. The summed E-state index contributed by atoms with van der Waals surface area (Å²) in [5, 5.41) is 17.9. The molecule has 0 aromatic carbocycles. The molecule has 0 radical (unpaired) electrons. The Hall–Kier alpha value is -1.43. The van der Waals surface area contributed by atoms with Gasteiger partial charge in [-0.2, -0.15) is 0 Å². The van der Waals surface area contributed by atoms with Crippen LogP contribution in [0.5, 0.6) is 0 Å². The Labute approximate surface area is 125 Å². The van der Waals surface area contributed by atoms with E-state index >= 15 is 0 Å². The Morgan fingerprint density at radius 3 is 2.75 bits per heavy atom. The number of aromatic nitrogens is 3. The van der Waals surface area contributed by atoms with Crippen molar-refractivity contribution in [3.63, 3.8) is 0 Å². The van der Waals surface area contributed by atoms with Crippen molar-refractivity contribution < 1.29 is 9.90 Å². The van der Waals surface area contributed by atoms with Crippen LogP contribution < -0.4 is 0 Å². The molecule has 0 amide bonds. The van der Waals surface area contributed by atoms with Gasteiger partial charge in [0.15, 0.2) is 5.65 Å². The largest absolute Gasteiger partial charge is 0.481 e. The van der Waals surface area contributed by atoms with Crippen LogP contribution in [0.4, 0.5) is 0 Å². The fraction of sp³-hybridized carbons (Fsp3) is 0.500. The lowest BCUT2D eigenvalue weighted by atomic mass is 9.71. The maximum atomic E-state index is 11.7. The number of halogens is 1. The number of aliphatic carboxylic acids is 1. The highest BCUT2D eigenvalue weighted by molar-refractivity contribution is 9.10. The smallest absolute Gasteiger partial charge is 0.310 e. The van der Waals surface area contributed by atoms with Crippen LogP contribution in [0.1, 0.15) is 37.9 Å². The van der Waals surface area contributed by atoms with E-state index in [1.54, 1.807) is 0 Å². The maximum Gasteiger partial charge on any atom is 0.310 e. The van der Waals surface area contributed by atoms with E-state index < -0.39 is 11.4 Å². The number of fused-ring (bicyclic) bond motifs is 1. The van der Waals surface area contributed by atoms with Crippen molar-refractivity contribution in [3.05, 3.63) is 28.6 Å². The van der Waals surface area contributed by atoms with Gasteiger partial charge in [-0.3, -0.25) is 9.20 Å². The first-order valence-corrected chi connectivity index (χ1v) is 7.63. The zero-order valence-electron chi connectivity index (χ0n) is 11.0. The fourth-order valence-corrected chi connectivity index (χ4v) is 3.37. The first-order chi connectivity index (χ1) is 9.61. The minimum absolute atomic E-state index is 0.444. The van der Waals surface area contributed by atoms with Crippen LogP contribution in [-0.2, 0) is 11.2 Å². The van der Waals surface area contributed by atoms with Gasteiger partial charge in [0, 0.05) is 17.1 Å². The Bertz CT molecular complexity index is 647. The number of nitrogens with zero attached hydrogens (tertiary/aromatic N) is 3. The Kier molecular flexibility index (Phi) is 3.50. The topological polar surface area (TPSA) is 67.5 Å². The van der Waals surface area contributed by atoms with Crippen molar-refractivity contribution in [1.29, 1.82) is 0 Å². The molecule has 0 atom stereocenters. The van der Waals surface area contributed by atoms with E-state index in [9.17, 15) is 9.90 Å². The summed E-state index contributed by atoms with van der Waals surface area (Å²) in [5.74, 6) is 0.0227. The lowest BCUT2D eigenvalue weighted by molar-refractivity contribution is -0.151. The van der Waals surface area contributed by atoms with Gasteiger partial charge in [-0.15, -0.1) is 10.2 Å². The van der Waals surface area contributed by atoms with E-state index in [-0.39, 0.29) is 0 Å². The van der Waals surface area contributed by atoms with Gasteiger partial charge in [0.1, 0.15) is 5.82 Å². The van der Waals surface area contributed by atoms with E-state index in [1.165, 1.54) is 0 Å². The Morgan fingerprint density at radius 2 is 2.05 bits per heavy atom. The van der Waals surface area contributed by atoms with Crippen molar-refractivity contribution in [3.8, 4) is 0 Å². The predicted octanol–water partition coefficient (Wildman–Crippen LogP) is 3.07. The second kappa shape index (κ2) is 5.16. The van der Waals surface area contributed by atoms with Gasteiger partial charge in [-0.05, 0) is 40.9 Å². The molecular formula is C14H16BrN3O2. The average Bonchev–Trinajstić information content (AvgIpc) is 2.82. The van der Waals surface area contributed by atoms with Crippen molar-refractivity contribution in [2.45, 2.75) is 38.5 Å². The van der Waals surface area contributed by atoms with E-state index in [0.717, 1.165) is 48.0 Å². The predicted molar refractivity (Wildman–Crippen MR) is 77.5 cm³/mol. The van der Waals surface area contributed by atoms with Crippen LogP contribution in [0.2, 0.25) is 0 Å². The molecule has 20 heavy (non-hydrogen) atoms. The molecule has 3 rings (SSSR count). The number of rotatable bonds is 3. The average molecular weight is 338 g/mol. The van der Waals surface area contributed by atoms with Gasteiger partial charge in [-0.1, -0.05) is 19.3 Å². The minimum atomic E-state index is -0.705. The van der Waals surface area contributed by atoms with Gasteiger partial charge in [-0.25, -0.2) is 0 Å². The molecule has 2 aromatic heterocycles.